The third-order valence-electron chi connectivity index (χ3n) is 3.97. The van der Waals surface area contributed by atoms with Crippen molar-refractivity contribution in [3.8, 4) is 23.0 Å². The molecule has 24 heavy (non-hydrogen) atoms. The van der Waals surface area contributed by atoms with Crippen LogP contribution < -0.4 is 24.3 Å². The minimum atomic E-state index is 0.614. The SMILES string of the molecule is COc1ccc(CCNCc2ccc3c(c2)OCCO3)cc1OC. The quantitative estimate of drug-likeness (QED) is 0.792. The van der Waals surface area contributed by atoms with E-state index >= 15 is 0 Å². The lowest BCUT2D eigenvalue weighted by Gasteiger charge is -2.19. The van der Waals surface area contributed by atoms with E-state index in [0.717, 1.165) is 42.5 Å². The fraction of sp³-hybridized carbons (Fsp3) is 0.368. The van der Waals surface area contributed by atoms with E-state index in [4.69, 9.17) is 18.9 Å². The van der Waals surface area contributed by atoms with Crippen LogP contribution in [0.3, 0.4) is 0 Å². The molecule has 0 bridgehead atoms. The zero-order valence-corrected chi connectivity index (χ0v) is 14.1. The molecule has 128 valence electrons. The highest BCUT2D eigenvalue weighted by molar-refractivity contribution is 5.44. The highest BCUT2D eigenvalue weighted by Crippen LogP contribution is 2.30. The summed E-state index contributed by atoms with van der Waals surface area (Å²) in [6, 6.07) is 12.1. The molecule has 5 nitrogen and oxygen atoms in total. The summed E-state index contributed by atoms with van der Waals surface area (Å²) in [6.07, 6.45) is 0.922. The van der Waals surface area contributed by atoms with Crippen LogP contribution in [0.1, 0.15) is 11.1 Å². The van der Waals surface area contributed by atoms with Crippen molar-refractivity contribution in [1.29, 1.82) is 0 Å². The van der Waals surface area contributed by atoms with Gasteiger partial charge < -0.3 is 24.3 Å². The zero-order chi connectivity index (χ0) is 16.8. The van der Waals surface area contributed by atoms with E-state index < -0.39 is 0 Å². The Morgan fingerprint density at radius 1 is 0.875 bits per heavy atom. The van der Waals surface area contributed by atoms with Crippen molar-refractivity contribution in [1.82, 2.24) is 5.32 Å². The summed E-state index contributed by atoms with van der Waals surface area (Å²) in [5.74, 6) is 3.18. The first-order valence-corrected chi connectivity index (χ1v) is 8.10. The number of hydrogen-bond donors (Lipinski definition) is 1. The lowest BCUT2D eigenvalue weighted by molar-refractivity contribution is 0.171. The normalized spacial score (nSPS) is 12.8. The molecule has 0 unspecified atom stereocenters. The molecular formula is C19H23NO4. The lowest BCUT2D eigenvalue weighted by Crippen LogP contribution is -2.18. The van der Waals surface area contributed by atoms with E-state index in [1.54, 1.807) is 14.2 Å². The molecule has 0 aromatic heterocycles. The topological polar surface area (TPSA) is 49.0 Å². The van der Waals surface area contributed by atoms with Gasteiger partial charge in [0.2, 0.25) is 0 Å². The van der Waals surface area contributed by atoms with E-state index in [0.29, 0.717) is 13.2 Å². The molecule has 1 N–H and O–H groups in total. The Balaban J connectivity index is 1.50. The van der Waals surface area contributed by atoms with Crippen LogP contribution in [0, 0.1) is 0 Å². The predicted molar refractivity (Wildman–Crippen MR) is 92.4 cm³/mol. The Morgan fingerprint density at radius 3 is 2.42 bits per heavy atom. The van der Waals surface area contributed by atoms with E-state index in [1.165, 1.54) is 11.1 Å². The summed E-state index contributed by atoms with van der Waals surface area (Å²) >= 11 is 0. The Kier molecular flexibility index (Phi) is 5.43. The Hall–Kier alpha value is -2.40. The van der Waals surface area contributed by atoms with Crippen molar-refractivity contribution in [2.45, 2.75) is 13.0 Å². The standard InChI is InChI=1S/C19H23NO4/c1-21-16-5-3-14(11-18(16)22-2)7-8-20-13-15-4-6-17-19(12-15)24-10-9-23-17/h3-6,11-12,20H,7-10,13H2,1-2H3. The number of rotatable bonds is 7. The number of methoxy groups -OCH3 is 2. The molecule has 0 spiro atoms. The first-order valence-electron chi connectivity index (χ1n) is 8.10. The molecule has 0 aliphatic carbocycles. The predicted octanol–water partition coefficient (Wildman–Crippen LogP) is 2.81. The molecule has 0 atom stereocenters. The van der Waals surface area contributed by atoms with Gasteiger partial charge in [0.1, 0.15) is 13.2 Å². The molecule has 0 fully saturated rings. The van der Waals surface area contributed by atoms with Gasteiger partial charge in [0.05, 0.1) is 14.2 Å². The first kappa shape index (κ1) is 16.5. The second kappa shape index (κ2) is 7.93. The molecule has 1 aliphatic rings. The fourth-order valence-corrected chi connectivity index (χ4v) is 2.70. The second-order valence-corrected chi connectivity index (χ2v) is 5.59. The van der Waals surface area contributed by atoms with Gasteiger partial charge in [0.15, 0.2) is 23.0 Å². The van der Waals surface area contributed by atoms with E-state index in [1.807, 2.05) is 24.3 Å². The van der Waals surface area contributed by atoms with Gasteiger partial charge in [0.25, 0.3) is 0 Å². The molecular weight excluding hydrogens is 306 g/mol. The van der Waals surface area contributed by atoms with Crippen LogP contribution in [-0.2, 0) is 13.0 Å². The number of benzene rings is 2. The average molecular weight is 329 g/mol. The van der Waals surface area contributed by atoms with Gasteiger partial charge in [-0.15, -0.1) is 0 Å². The number of fused-ring (bicyclic) bond motifs is 1. The minimum absolute atomic E-state index is 0.614. The van der Waals surface area contributed by atoms with Crippen LogP contribution in [0.5, 0.6) is 23.0 Å². The molecule has 5 heteroatoms. The highest BCUT2D eigenvalue weighted by atomic mass is 16.6. The van der Waals surface area contributed by atoms with Crippen molar-refractivity contribution in [2.75, 3.05) is 34.0 Å². The van der Waals surface area contributed by atoms with Crippen LogP contribution in [0.4, 0.5) is 0 Å². The summed E-state index contributed by atoms with van der Waals surface area (Å²) < 4.78 is 21.7. The maximum atomic E-state index is 5.61. The van der Waals surface area contributed by atoms with E-state index in [2.05, 4.69) is 17.4 Å². The molecule has 1 heterocycles. The van der Waals surface area contributed by atoms with Crippen molar-refractivity contribution in [2.24, 2.45) is 0 Å². The van der Waals surface area contributed by atoms with Gasteiger partial charge in [-0.05, 0) is 48.4 Å². The Labute approximate surface area is 142 Å². The molecule has 3 rings (SSSR count). The Bertz CT molecular complexity index is 646. The summed E-state index contributed by atoms with van der Waals surface area (Å²) in [5.41, 5.74) is 2.40. The number of nitrogens with one attached hydrogen (secondary N) is 1. The van der Waals surface area contributed by atoms with Crippen LogP contribution in [0.2, 0.25) is 0 Å². The third kappa shape index (κ3) is 3.92. The van der Waals surface area contributed by atoms with Crippen LogP contribution in [0.25, 0.3) is 0 Å². The smallest absolute Gasteiger partial charge is 0.161 e. The number of hydrogen-bond acceptors (Lipinski definition) is 5. The second-order valence-electron chi connectivity index (χ2n) is 5.59. The van der Waals surface area contributed by atoms with Gasteiger partial charge in [0, 0.05) is 6.54 Å². The van der Waals surface area contributed by atoms with E-state index in [9.17, 15) is 0 Å². The molecule has 0 radical (unpaired) electrons. The third-order valence-corrected chi connectivity index (χ3v) is 3.97. The van der Waals surface area contributed by atoms with Crippen LogP contribution in [0.15, 0.2) is 36.4 Å². The molecule has 2 aromatic carbocycles. The maximum absolute atomic E-state index is 5.61. The molecule has 2 aromatic rings. The first-order chi connectivity index (χ1) is 11.8. The van der Waals surface area contributed by atoms with Gasteiger partial charge in [-0.3, -0.25) is 0 Å². The van der Waals surface area contributed by atoms with Gasteiger partial charge >= 0.3 is 0 Å². The van der Waals surface area contributed by atoms with Crippen LogP contribution in [-0.4, -0.2) is 34.0 Å². The summed E-state index contributed by atoms with van der Waals surface area (Å²) in [6.45, 7) is 2.91. The van der Waals surface area contributed by atoms with Gasteiger partial charge in [-0.1, -0.05) is 12.1 Å². The zero-order valence-electron chi connectivity index (χ0n) is 14.1. The highest BCUT2D eigenvalue weighted by Gasteiger charge is 2.11. The number of ether oxygens (including phenoxy) is 4. The summed E-state index contributed by atoms with van der Waals surface area (Å²) in [5, 5.41) is 3.45. The van der Waals surface area contributed by atoms with Crippen molar-refractivity contribution >= 4 is 0 Å². The average Bonchev–Trinajstić information content (AvgIpc) is 2.65. The molecule has 0 saturated heterocycles. The van der Waals surface area contributed by atoms with Crippen molar-refractivity contribution in [3.05, 3.63) is 47.5 Å². The summed E-state index contributed by atoms with van der Waals surface area (Å²) in [7, 11) is 3.30. The molecule has 0 saturated carbocycles. The minimum Gasteiger partial charge on any atom is -0.493 e. The lowest BCUT2D eigenvalue weighted by atomic mass is 10.1. The van der Waals surface area contributed by atoms with Crippen molar-refractivity contribution in [3.63, 3.8) is 0 Å². The van der Waals surface area contributed by atoms with Gasteiger partial charge in [-0.2, -0.15) is 0 Å². The fourth-order valence-electron chi connectivity index (χ4n) is 2.70. The van der Waals surface area contributed by atoms with E-state index in [-0.39, 0.29) is 0 Å². The van der Waals surface area contributed by atoms with Crippen molar-refractivity contribution < 1.29 is 18.9 Å². The largest absolute Gasteiger partial charge is 0.493 e. The monoisotopic (exact) mass is 329 g/mol. The molecule has 1 aliphatic heterocycles. The van der Waals surface area contributed by atoms with Gasteiger partial charge in [-0.25, -0.2) is 0 Å². The Morgan fingerprint density at radius 2 is 1.62 bits per heavy atom. The summed E-state index contributed by atoms with van der Waals surface area (Å²) in [4.78, 5) is 0. The van der Waals surface area contributed by atoms with Crippen LogP contribution >= 0.6 is 0 Å². The molecule has 0 amide bonds. The maximum Gasteiger partial charge on any atom is 0.161 e.